The van der Waals surface area contributed by atoms with Gasteiger partial charge in [0, 0.05) is 11.6 Å². The minimum absolute atomic E-state index is 0.0194. The maximum Gasteiger partial charge on any atom is 0.182 e. The first-order chi connectivity index (χ1) is 6.61. The first kappa shape index (κ1) is 9.61. The molecule has 1 aromatic heterocycles. The molecule has 1 aromatic carbocycles. The van der Waals surface area contributed by atoms with Gasteiger partial charge in [-0.2, -0.15) is 0 Å². The number of H-pyrrole nitrogens is 1. The minimum atomic E-state index is -1.74. The average molecular weight is 236 g/mol. The summed E-state index contributed by atoms with van der Waals surface area (Å²) >= 11 is 0. The lowest BCUT2D eigenvalue weighted by molar-refractivity contribution is 0.515. The van der Waals surface area contributed by atoms with Crippen molar-refractivity contribution in [2.45, 2.75) is 4.90 Å². The summed E-state index contributed by atoms with van der Waals surface area (Å²) in [5.74, 6) is -1.94. The molecule has 0 aliphatic heterocycles. The van der Waals surface area contributed by atoms with Crippen LogP contribution in [0.15, 0.2) is 23.2 Å². The Balaban J connectivity index is 2.83. The van der Waals surface area contributed by atoms with E-state index in [1.165, 1.54) is 12.3 Å². The van der Waals surface area contributed by atoms with Crippen LogP contribution >= 0.6 is 10.7 Å². The maximum atomic E-state index is 13.1. The molecular formula is C8H4ClF2NOS. The van der Waals surface area contributed by atoms with Gasteiger partial charge in [0.25, 0.3) is 0 Å². The van der Waals surface area contributed by atoms with Crippen LogP contribution in [-0.4, -0.2) is 9.19 Å². The van der Waals surface area contributed by atoms with Crippen LogP contribution in [0.1, 0.15) is 0 Å². The van der Waals surface area contributed by atoms with Crippen molar-refractivity contribution < 1.29 is 13.0 Å². The number of nitrogens with one attached hydrogen (secondary N) is 1. The zero-order valence-corrected chi connectivity index (χ0v) is 8.25. The van der Waals surface area contributed by atoms with Gasteiger partial charge in [-0.15, -0.1) is 0 Å². The Kier molecular flexibility index (Phi) is 2.28. The molecule has 2 nitrogen and oxygen atoms in total. The van der Waals surface area contributed by atoms with Crippen molar-refractivity contribution in [3.05, 3.63) is 30.0 Å². The Bertz CT molecular complexity index is 525. The van der Waals surface area contributed by atoms with Crippen molar-refractivity contribution in [3.63, 3.8) is 0 Å². The molecule has 0 aliphatic rings. The second-order valence-electron chi connectivity index (χ2n) is 2.66. The van der Waals surface area contributed by atoms with Crippen LogP contribution in [0.2, 0.25) is 0 Å². The fourth-order valence-electron chi connectivity index (χ4n) is 1.25. The third-order valence-electron chi connectivity index (χ3n) is 1.88. The summed E-state index contributed by atoms with van der Waals surface area (Å²) in [6.07, 6.45) is 1.30. The van der Waals surface area contributed by atoms with Crippen molar-refractivity contribution >= 4 is 31.6 Å². The van der Waals surface area contributed by atoms with Crippen LogP contribution < -0.4 is 0 Å². The molecule has 2 aromatic rings. The van der Waals surface area contributed by atoms with Gasteiger partial charge in [-0.25, -0.2) is 13.0 Å². The molecule has 1 unspecified atom stereocenters. The molecule has 0 bridgehead atoms. The molecule has 0 saturated carbocycles. The number of halogens is 3. The Hall–Kier alpha value is -0.940. The highest BCUT2D eigenvalue weighted by molar-refractivity contribution is 8.08. The average Bonchev–Trinajstić information content (AvgIpc) is 2.55. The Morgan fingerprint density at radius 3 is 2.71 bits per heavy atom. The zero-order chi connectivity index (χ0) is 10.3. The Morgan fingerprint density at radius 1 is 1.36 bits per heavy atom. The predicted octanol–water partition coefficient (Wildman–Crippen LogP) is 2.71. The van der Waals surface area contributed by atoms with E-state index in [9.17, 15) is 13.0 Å². The number of hydrogen-bond donors (Lipinski definition) is 1. The Labute approximate surface area is 84.8 Å². The summed E-state index contributed by atoms with van der Waals surface area (Å²) in [5, 5.41) is 0.331. The van der Waals surface area contributed by atoms with E-state index in [4.69, 9.17) is 10.7 Å². The standard InChI is InChI=1S/C8H4ClF2NOS/c9-14(13)6-3-12-8-4(6)1-2-5(10)7(8)11/h1-3,12H. The summed E-state index contributed by atoms with van der Waals surface area (Å²) in [4.78, 5) is 2.74. The second-order valence-corrected chi connectivity index (χ2v) is 4.39. The summed E-state index contributed by atoms with van der Waals surface area (Å²) in [5.41, 5.74) is -0.0194. The SMILES string of the molecule is O=S(Cl)c1c[nH]c2c(F)c(F)ccc12. The highest BCUT2D eigenvalue weighted by Gasteiger charge is 2.14. The van der Waals surface area contributed by atoms with Gasteiger partial charge < -0.3 is 4.98 Å². The fraction of sp³-hybridized carbons (Fsp3) is 0. The van der Waals surface area contributed by atoms with E-state index in [2.05, 4.69) is 4.98 Å². The van der Waals surface area contributed by atoms with Crippen molar-refractivity contribution in [1.82, 2.24) is 4.98 Å². The molecule has 2 rings (SSSR count). The molecule has 1 atom stereocenters. The molecule has 1 heterocycles. The molecule has 0 aliphatic carbocycles. The monoisotopic (exact) mass is 235 g/mol. The van der Waals surface area contributed by atoms with Gasteiger partial charge >= 0.3 is 0 Å². The van der Waals surface area contributed by atoms with Crippen molar-refractivity contribution in [3.8, 4) is 0 Å². The summed E-state index contributed by atoms with van der Waals surface area (Å²) in [6, 6.07) is 2.30. The van der Waals surface area contributed by atoms with Crippen LogP contribution in [0.5, 0.6) is 0 Å². The lowest BCUT2D eigenvalue weighted by Gasteiger charge is -1.95. The highest BCUT2D eigenvalue weighted by Crippen LogP contribution is 2.26. The third-order valence-corrected chi connectivity index (χ3v) is 3.06. The topological polar surface area (TPSA) is 32.9 Å². The van der Waals surface area contributed by atoms with Crippen molar-refractivity contribution in [2.75, 3.05) is 0 Å². The van der Waals surface area contributed by atoms with Crippen LogP contribution in [0.3, 0.4) is 0 Å². The van der Waals surface area contributed by atoms with E-state index >= 15 is 0 Å². The van der Waals surface area contributed by atoms with Gasteiger partial charge in [0.1, 0.15) is 10.0 Å². The first-order valence-electron chi connectivity index (χ1n) is 3.64. The maximum absolute atomic E-state index is 13.1. The smallest absolute Gasteiger partial charge is 0.182 e. The van der Waals surface area contributed by atoms with Gasteiger partial charge in [0.2, 0.25) is 0 Å². The number of hydrogen-bond acceptors (Lipinski definition) is 1. The van der Waals surface area contributed by atoms with E-state index in [0.29, 0.717) is 5.39 Å². The Morgan fingerprint density at radius 2 is 2.07 bits per heavy atom. The lowest BCUT2D eigenvalue weighted by Crippen LogP contribution is -1.85. The van der Waals surface area contributed by atoms with E-state index < -0.39 is 21.6 Å². The molecule has 0 saturated heterocycles. The van der Waals surface area contributed by atoms with E-state index in [1.807, 2.05) is 0 Å². The minimum Gasteiger partial charge on any atom is -0.357 e. The predicted molar refractivity (Wildman–Crippen MR) is 50.5 cm³/mol. The molecule has 74 valence electrons. The number of aromatic amines is 1. The fourth-order valence-corrected chi connectivity index (χ4v) is 2.12. The number of rotatable bonds is 1. The molecule has 0 amide bonds. The summed E-state index contributed by atoms with van der Waals surface area (Å²) < 4.78 is 36.8. The molecule has 0 fully saturated rings. The van der Waals surface area contributed by atoms with Gasteiger partial charge in [-0.1, -0.05) is 0 Å². The normalized spacial score (nSPS) is 13.4. The zero-order valence-electron chi connectivity index (χ0n) is 6.68. The van der Waals surface area contributed by atoms with Crippen LogP contribution in [0.4, 0.5) is 8.78 Å². The van der Waals surface area contributed by atoms with Crippen LogP contribution in [-0.2, 0) is 10.0 Å². The number of benzene rings is 1. The van der Waals surface area contributed by atoms with E-state index in [0.717, 1.165) is 6.07 Å². The summed E-state index contributed by atoms with van der Waals surface area (Å²) in [7, 11) is 3.62. The van der Waals surface area contributed by atoms with Gasteiger partial charge in [0.05, 0.1) is 10.4 Å². The highest BCUT2D eigenvalue weighted by atomic mass is 35.7. The first-order valence-corrected chi connectivity index (χ1v) is 5.62. The lowest BCUT2D eigenvalue weighted by atomic mass is 10.2. The number of aromatic nitrogens is 1. The largest absolute Gasteiger partial charge is 0.357 e. The molecule has 0 spiro atoms. The molecule has 1 N–H and O–H groups in total. The van der Waals surface area contributed by atoms with Crippen LogP contribution in [0.25, 0.3) is 10.9 Å². The molecule has 0 radical (unpaired) electrons. The quantitative estimate of drug-likeness (QED) is 0.758. The number of fused-ring (bicyclic) bond motifs is 1. The van der Waals surface area contributed by atoms with Gasteiger partial charge in [-0.05, 0) is 22.8 Å². The van der Waals surface area contributed by atoms with Crippen molar-refractivity contribution in [1.29, 1.82) is 0 Å². The van der Waals surface area contributed by atoms with E-state index in [1.54, 1.807) is 0 Å². The molecule has 6 heteroatoms. The summed E-state index contributed by atoms with van der Waals surface area (Å²) in [6.45, 7) is 0. The third kappa shape index (κ3) is 1.33. The van der Waals surface area contributed by atoms with Crippen LogP contribution in [0, 0.1) is 11.6 Å². The van der Waals surface area contributed by atoms with Crippen molar-refractivity contribution in [2.24, 2.45) is 0 Å². The van der Waals surface area contributed by atoms with Gasteiger partial charge in [0.15, 0.2) is 11.6 Å². The second kappa shape index (κ2) is 3.33. The van der Waals surface area contributed by atoms with Gasteiger partial charge in [-0.3, -0.25) is 0 Å². The molecule has 14 heavy (non-hydrogen) atoms. The molecular weight excluding hydrogens is 232 g/mol. The van der Waals surface area contributed by atoms with E-state index in [-0.39, 0.29) is 10.4 Å².